The second-order valence-corrected chi connectivity index (χ2v) is 5.70. The summed E-state index contributed by atoms with van der Waals surface area (Å²) in [6, 6.07) is 0. The largest absolute Gasteiger partial charge is 0.376 e. The molecular weight excluding hydrogens is 208 g/mol. The lowest BCUT2D eigenvalue weighted by atomic mass is 9.89. The van der Waals surface area contributed by atoms with Gasteiger partial charge in [0.05, 0.1) is 25.2 Å². The maximum Gasteiger partial charge on any atom is 0.221 e. The first-order valence-electron chi connectivity index (χ1n) is 5.40. The topological polar surface area (TPSA) is 81.4 Å². The summed E-state index contributed by atoms with van der Waals surface area (Å²) in [7, 11) is 0. The zero-order valence-corrected chi connectivity index (χ0v) is 10.1. The van der Waals surface area contributed by atoms with Gasteiger partial charge >= 0.3 is 0 Å². The first-order chi connectivity index (χ1) is 7.22. The standard InChI is InChI=1S/C11H20N2O3/c1-10(2,3)5-9(15)13-11(4-8(12)14)6-16-7-11/h4-7H2,1-3H3,(H2,12,14)(H,13,15). The smallest absolute Gasteiger partial charge is 0.221 e. The van der Waals surface area contributed by atoms with Crippen LogP contribution in [0.3, 0.4) is 0 Å². The molecule has 0 aromatic rings. The molecule has 1 rings (SSSR count). The lowest BCUT2D eigenvalue weighted by Crippen LogP contribution is -2.63. The number of ether oxygens (including phenoxy) is 1. The Bertz CT molecular complexity index is 290. The van der Waals surface area contributed by atoms with Gasteiger partial charge in [-0.3, -0.25) is 9.59 Å². The van der Waals surface area contributed by atoms with Crippen LogP contribution in [-0.2, 0) is 14.3 Å². The molecule has 1 heterocycles. The van der Waals surface area contributed by atoms with Gasteiger partial charge in [0.2, 0.25) is 11.8 Å². The molecule has 0 unspecified atom stereocenters. The molecule has 3 N–H and O–H groups in total. The number of rotatable bonds is 4. The molecule has 0 bridgehead atoms. The van der Waals surface area contributed by atoms with Crippen LogP contribution in [0.2, 0.25) is 0 Å². The molecule has 0 saturated carbocycles. The van der Waals surface area contributed by atoms with Gasteiger partial charge in [-0.15, -0.1) is 0 Å². The maximum absolute atomic E-state index is 11.7. The van der Waals surface area contributed by atoms with E-state index < -0.39 is 11.4 Å². The second-order valence-electron chi connectivity index (χ2n) is 5.70. The van der Waals surface area contributed by atoms with Gasteiger partial charge in [-0.05, 0) is 5.41 Å². The van der Waals surface area contributed by atoms with Crippen LogP contribution in [0.15, 0.2) is 0 Å². The Kier molecular flexibility index (Phi) is 3.57. The zero-order valence-electron chi connectivity index (χ0n) is 10.1. The van der Waals surface area contributed by atoms with E-state index in [0.717, 1.165) is 0 Å². The van der Waals surface area contributed by atoms with Crippen LogP contribution in [0.4, 0.5) is 0 Å². The van der Waals surface area contributed by atoms with Crippen LogP contribution in [0.25, 0.3) is 0 Å². The van der Waals surface area contributed by atoms with Crippen molar-refractivity contribution in [2.45, 2.75) is 39.2 Å². The van der Waals surface area contributed by atoms with Gasteiger partial charge in [-0.25, -0.2) is 0 Å². The molecule has 92 valence electrons. The van der Waals surface area contributed by atoms with E-state index in [9.17, 15) is 9.59 Å². The average molecular weight is 228 g/mol. The van der Waals surface area contributed by atoms with Crippen molar-refractivity contribution >= 4 is 11.8 Å². The molecule has 5 heteroatoms. The van der Waals surface area contributed by atoms with Crippen LogP contribution < -0.4 is 11.1 Å². The Hall–Kier alpha value is -1.10. The molecule has 1 aliphatic heterocycles. The Morgan fingerprint density at radius 3 is 2.25 bits per heavy atom. The van der Waals surface area contributed by atoms with Crippen LogP contribution in [0.1, 0.15) is 33.6 Å². The maximum atomic E-state index is 11.7. The SMILES string of the molecule is CC(C)(C)CC(=O)NC1(CC(N)=O)COC1. The number of hydrogen-bond donors (Lipinski definition) is 2. The minimum absolute atomic E-state index is 0.0583. The number of nitrogens with two attached hydrogens (primary N) is 1. The van der Waals surface area contributed by atoms with Crippen molar-refractivity contribution in [3.8, 4) is 0 Å². The highest BCUT2D eigenvalue weighted by Crippen LogP contribution is 2.23. The molecule has 16 heavy (non-hydrogen) atoms. The zero-order chi connectivity index (χ0) is 12.4. The van der Waals surface area contributed by atoms with Gasteiger partial charge in [-0.1, -0.05) is 20.8 Å². The minimum atomic E-state index is -0.561. The molecule has 0 aromatic carbocycles. The first kappa shape index (κ1) is 13.0. The van der Waals surface area contributed by atoms with Crippen molar-refractivity contribution in [1.29, 1.82) is 0 Å². The van der Waals surface area contributed by atoms with Crippen molar-refractivity contribution in [3.05, 3.63) is 0 Å². The highest BCUT2D eigenvalue weighted by atomic mass is 16.5. The number of carbonyl (C=O) groups is 2. The first-order valence-corrected chi connectivity index (χ1v) is 5.40. The molecule has 2 amide bonds. The van der Waals surface area contributed by atoms with Crippen LogP contribution in [-0.4, -0.2) is 30.6 Å². The Labute approximate surface area is 95.7 Å². The molecule has 1 fully saturated rings. The summed E-state index contributed by atoms with van der Waals surface area (Å²) in [4.78, 5) is 22.6. The van der Waals surface area contributed by atoms with Gasteiger partial charge < -0.3 is 15.8 Å². The van der Waals surface area contributed by atoms with Crippen molar-refractivity contribution in [3.63, 3.8) is 0 Å². The normalized spacial score (nSPS) is 18.7. The summed E-state index contributed by atoms with van der Waals surface area (Å²) in [6.07, 6.45) is 0.566. The number of amides is 2. The molecule has 0 aliphatic carbocycles. The second kappa shape index (κ2) is 4.41. The fourth-order valence-electron chi connectivity index (χ4n) is 1.72. The molecular formula is C11H20N2O3. The van der Waals surface area contributed by atoms with Crippen molar-refractivity contribution in [2.75, 3.05) is 13.2 Å². The molecule has 1 saturated heterocycles. The summed E-state index contributed by atoms with van der Waals surface area (Å²) in [5.74, 6) is -0.476. The van der Waals surface area contributed by atoms with Gasteiger partial charge in [0.1, 0.15) is 0 Å². The van der Waals surface area contributed by atoms with E-state index in [1.807, 2.05) is 20.8 Å². The van der Waals surface area contributed by atoms with E-state index in [-0.39, 0.29) is 17.7 Å². The van der Waals surface area contributed by atoms with Crippen molar-refractivity contribution in [1.82, 2.24) is 5.32 Å². The quantitative estimate of drug-likeness (QED) is 0.720. The van der Waals surface area contributed by atoms with E-state index in [1.54, 1.807) is 0 Å². The summed E-state index contributed by atoms with van der Waals surface area (Å²) in [5, 5.41) is 2.85. The lowest BCUT2D eigenvalue weighted by molar-refractivity contribution is -0.139. The van der Waals surface area contributed by atoms with Gasteiger partial charge in [-0.2, -0.15) is 0 Å². The predicted octanol–water partition coefficient (Wildman–Crippen LogP) is 0.183. The highest BCUT2D eigenvalue weighted by molar-refractivity contribution is 5.80. The van der Waals surface area contributed by atoms with Crippen molar-refractivity contribution in [2.24, 2.45) is 11.1 Å². The Balaban J connectivity index is 2.50. The van der Waals surface area contributed by atoms with E-state index in [4.69, 9.17) is 10.5 Å². The van der Waals surface area contributed by atoms with Crippen LogP contribution in [0.5, 0.6) is 0 Å². The number of hydrogen-bond acceptors (Lipinski definition) is 3. The van der Waals surface area contributed by atoms with E-state index in [1.165, 1.54) is 0 Å². The third-order valence-corrected chi connectivity index (χ3v) is 2.36. The number of nitrogens with one attached hydrogen (secondary N) is 1. The number of primary amides is 1. The van der Waals surface area contributed by atoms with Gasteiger partial charge in [0.25, 0.3) is 0 Å². The van der Waals surface area contributed by atoms with Crippen LogP contribution in [0, 0.1) is 5.41 Å². The van der Waals surface area contributed by atoms with Gasteiger partial charge in [0.15, 0.2) is 0 Å². The molecule has 5 nitrogen and oxygen atoms in total. The monoisotopic (exact) mass is 228 g/mol. The molecule has 1 aliphatic rings. The van der Waals surface area contributed by atoms with E-state index >= 15 is 0 Å². The third kappa shape index (κ3) is 3.81. The molecule has 0 spiro atoms. The fraction of sp³-hybridized carbons (Fsp3) is 0.818. The summed E-state index contributed by atoms with van der Waals surface area (Å²) >= 11 is 0. The summed E-state index contributed by atoms with van der Waals surface area (Å²) in [6.45, 7) is 6.71. The van der Waals surface area contributed by atoms with Gasteiger partial charge in [0, 0.05) is 6.42 Å². The Morgan fingerprint density at radius 2 is 1.94 bits per heavy atom. The van der Waals surface area contributed by atoms with E-state index in [2.05, 4.69) is 5.32 Å². The van der Waals surface area contributed by atoms with E-state index in [0.29, 0.717) is 19.6 Å². The molecule has 0 radical (unpaired) electrons. The number of carbonyl (C=O) groups excluding carboxylic acids is 2. The fourth-order valence-corrected chi connectivity index (χ4v) is 1.72. The average Bonchev–Trinajstić information content (AvgIpc) is 1.95. The summed E-state index contributed by atoms with van der Waals surface area (Å²) < 4.78 is 5.05. The van der Waals surface area contributed by atoms with Crippen molar-refractivity contribution < 1.29 is 14.3 Å². The van der Waals surface area contributed by atoms with Crippen LogP contribution >= 0.6 is 0 Å². The molecule has 0 atom stereocenters. The highest BCUT2D eigenvalue weighted by Gasteiger charge is 2.41. The lowest BCUT2D eigenvalue weighted by Gasteiger charge is -2.41. The third-order valence-electron chi connectivity index (χ3n) is 2.36. The predicted molar refractivity (Wildman–Crippen MR) is 59.6 cm³/mol. The Morgan fingerprint density at radius 1 is 1.38 bits per heavy atom. The minimum Gasteiger partial charge on any atom is -0.376 e. The summed E-state index contributed by atoms with van der Waals surface area (Å²) in [5.41, 5.74) is 4.52. The molecule has 0 aromatic heterocycles.